The van der Waals surface area contributed by atoms with E-state index in [2.05, 4.69) is 4.98 Å². The van der Waals surface area contributed by atoms with Gasteiger partial charge in [0.1, 0.15) is 0 Å². The predicted molar refractivity (Wildman–Crippen MR) is 53.1 cm³/mol. The van der Waals surface area contributed by atoms with E-state index in [1.807, 2.05) is 0 Å². The van der Waals surface area contributed by atoms with E-state index in [1.54, 1.807) is 12.3 Å². The van der Waals surface area contributed by atoms with Crippen LogP contribution in [0, 0.1) is 0 Å². The molecule has 1 fully saturated rings. The highest BCUT2D eigenvalue weighted by molar-refractivity contribution is 5.96. The summed E-state index contributed by atoms with van der Waals surface area (Å²) in [6, 6.07) is 1.66. The maximum atomic E-state index is 11.5. The zero-order chi connectivity index (χ0) is 10.8. The third-order valence-corrected chi connectivity index (χ3v) is 2.45. The second-order valence-corrected chi connectivity index (χ2v) is 3.52. The highest BCUT2D eigenvalue weighted by Crippen LogP contribution is 2.24. The molecule has 0 radical (unpaired) electrons. The average molecular weight is 208 g/mol. The van der Waals surface area contributed by atoms with E-state index in [0.29, 0.717) is 11.3 Å². The van der Waals surface area contributed by atoms with Crippen LogP contribution >= 0.6 is 0 Å². The number of hydrogen-bond acceptors (Lipinski definition) is 4. The van der Waals surface area contributed by atoms with E-state index in [-0.39, 0.29) is 25.5 Å². The van der Waals surface area contributed by atoms with Gasteiger partial charge in [0.25, 0.3) is 0 Å². The highest BCUT2D eigenvalue weighted by Gasteiger charge is 2.30. The molecule has 1 atom stereocenters. The third kappa shape index (κ3) is 1.84. The number of β-amino-alcohol motifs (C(OH)–C–C–N with tert-alkyl or cyclic N) is 1. The number of aromatic nitrogens is 1. The van der Waals surface area contributed by atoms with Gasteiger partial charge >= 0.3 is 0 Å². The summed E-state index contributed by atoms with van der Waals surface area (Å²) in [5.74, 6) is -0.134. The first-order chi connectivity index (χ1) is 7.22. The number of carbonyl (C=O) groups is 1. The SMILES string of the molecule is O=C1CC(O)CN1c1cnccc1CO. The van der Waals surface area contributed by atoms with Crippen molar-refractivity contribution in [1.82, 2.24) is 4.98 Å². The van der Waals surface area contributed by atoms with E-state index in [9.17, 15) is 9.90 Å². The van der Waals surface area contributed by atoms with Crippen molar-refractivity contribution in [2.75, 3.05) is 11.4 Å². The number of amides is 1. The van der Waals surface area contributed by atoms with Crippen molar-refractivity contribution in [3.63, 3.8) is 0 Å². The number of hydrogen-bond donors (Lipinski definition) is 2. The largest absolute Gasteiger partial charge is 0.392 e. The molecule has 0 aliphatic carbocycles. The highest BCUT2D eigenvalue weighted by atomic mass is 16.3. The smallest absolute Gasteiger partial charge is 0.229 e. The Morgan fingerprint density at radius 2 is 2.40 bits per heavy atom. The number of rotatable bonds is 2. The molecular formula is C10H12N2O3. The summed E-state index contributed by atoms with van der Waals surface area (Å²) in [6.45, 7) is 0.134. The number of anilines is 1. The third-order valence-electron chi connectivity index (χ3n) is 2.45. The van der Waals surface area contributed by atoms with E-state index in [4.69, 9.17) is 5.11 Å². The number of carbonyl (C=O) groups excluding carboxylic acids is 1. The van der Waals surface area contributed by atoms with Crippen LogP contribution in [0.15, 0.2) is 18.5 Å². The van der Waals surface area contributed by atoms with Crippen molar-refractivity contribution in [2.45, 2.75) is 19.1 Å². The summed E-state index contributed by atoms with van der Waals surface area (Å²) in [5, 5.41) is 18.5. The van der Waals surface area contributed by atoms with Crippen molar-refractivity contribution in [1.29, 1.82) is 0 Å². The fourth-order valence-corrected chi connectivity index (χ4v) is 1.71. The Kier molecular flexibility index (Phi) is 2.66. The van der Waals surface area contributed by atoms with Crippen LogP contribution < -0.4 is 4.90 Å². The van der Waals surface area contributed by atoms with Gasteiger partial charge in [0.15, 0.2) is 0 Å². The summed E-state index contributed by atoms with van der Waals surface area (Å²) in [6.07, 6.45) is 2.61. The molecule has 15 heavy (non-hydrogen) atoms. The lowest BCUT2D eigenvalue weighted by molar-refractivity contribution is -0.117. The van der Waals surface area contributed by atoms with Crippen molar-refractivity contribution in [2.24, 2.45) is 0 Å². The molecule has 0 aromatic carbocycles. The molecule has 1 saturated heterocycles. The van der Waals surface area contributed by atoms with E-state index >= 15 is 0 Å². The maximum Gasteiger partial charge on any atom is 0.229 e. The minimum atomic E-state index is -0.621. The van der Waals surface area contributed by atoms with Crippen molar-refractivity contribution in [3.05, 3.63) is 24.0 Å². The van der Waals surface area contributed by atoms with Crippen LogP contribution in [0.1, 0.15) is 12.0 Å². The summed E-state index contributed by atoms with van der Waals surface area (Å²) in [5.41, 5.74) is 1.23. The number of pyridine rings is 1. The molecule has 1 amide bonds. The van der Waals surface area contributed by atoms with Gasteiger partial charge in [-0.15, -0.1) is 0 Å². The minimum absolute atomic E-state index is 0.134. The van der Waals surface area contributed by atoms with Crippen LogP contribution in [-0.2, 0) is 11.4 Å². The molecule has 0 saturated carbocycles. The number of aliphatic hydroxyl groups is 2. The lowest BCUT2D eigenvalue weighted by atomic mass is 10.2. The summed E-state index contributed by atoms with van der Waals surface area (Å²) < 4.78 is 0. The molecule has 1 aromatic rings. The van der Waals surface area contributed by atoms with Gasteiger partial charge in [-0.3, -0.25) is 9.78 Å². The first-order valence-electron chi connectivity index (χ1n) is 4.74. The van der Waals surface area contributed by atoms with E-state index in [1.165, 1.54) is 11.1 Å². The van der Waals surface area contributed by atoms with Gasteiger partial charge in [0.2, 0.25) is 5.91 Å². The monoisotopic (exact) mass is 208 g/mol. The fourth-order valence-electron chi connectivity index (χ4n) is 1.71. The quantitative estimate of drug-likeness (QED) is 0.698. The summed E-state index contributed by atoms with van der Waals surface area (Å²) in [4.78, 5) is 16.9. The van der Waals surface area contributed by atoms with Gasteiger partial charge in [-0.2, -0.15) is 0 Å². The Labute approximate surface area is 87.0 Å². The molecular weight excluding hydrogens is 196 g/mol. The molecule has 1 aliphatic rings. The first kappa shape index (κ1) is 10.1. The normalized spacial score (nSPS) is 21.1. The topological polar surface area (TPSA) is 73.7 Å². The van der Waals surface area contributed by atoms with Crippen molar-refractivity contribution >= 4 is 11.6 Å². The van der Waals surface area contributed by atoms with Gasteiger partial charge in [-0.1, -0.05) is 0 Å². The van der Waals surface area contributed by atoms with Crippen LogP contribution in [0.4, 0.5) is 5.69 Å². The fraction of sp³-hybridized carbons (Fsp3) is 0.400. The zero-order valence-electron chi connectivity index (χ0n) is 8.13. The van der Waals surface area contributed by atoms with Gasteiger partial charge in [-0.25, -0.2) is 0 Å². The summed E-state index contributed by atoms with van der Waals surface area (Å²) in [7, 11) is 0. The van der Waals surface area contributed by atoms with Crippen molar-refractivity contribution < 1.29 is 15.0 Å². The van der Waals surface area contributed by atoms with Crippen molar-refractivity contribution in [3.8, 4) is 0 Å². The van der Waals surface area contributed by atoms with Crippen LogP contribution in [-0.4, -0.2) is 33.8 Å². The second-order valence-electron chi connectivity index (χ2n) is 3.52. The molecule has 2 rings (SSSR count). The molecule has 80 valence electrons. The zero-order valence-corrected chi connectivity index (χ0v) is 8.13. The average Bonchev–Trinajstić information content (AvgIpc) is 2.57. The Morgan fingerprint density at radius 3 is 3.00 bits per heavy atom. The first-order valence-corrected chi connectivity index (χ1v) is 4.74. The maximum absolute atomic E-state index is 11.5. The van der Waals surface area contributed by atoms with Crippen LogP contribution in [0.3, 0.4) is 0 Å². The van der Waals surface area contributed by atoms with E-state index in [0.717, 1.165) is 0 Å². The molecule has 5 heteroatoms. The second kappa shape index (κ2) is 3.96. The molecule has 1 unspecified atom stereocenters. The number of nitrogens with zero attached hydrogens (tertiary/aromatic N) is 2. The van der Waals surface area contributed by atoms with Gasteiger partial charge in [0, 0.05) is 11.8 Å². The molecule has 5 nitrogen and oxygen atoms in total. The van der Waals surface area contributed by atoms with Crippen LogP contribution in [0.25, 0.3) is 0 Å². The summed E-state index contributed by atoms with van der Waals surface area (Å²) >= 11 is 0. The van der Waals surface area contributed by atoms with Crippen LogP contribution in [0.5, 0.6) is 0 Å². The predicted octanol–water partition coefficient (Wildman–Crippen LogP) is -0.328. The molecule has 0 spiro atoms. The lowest BCUT2D eigenvalue weighted by Crippen LogP contribution is -2.26. The molecule has 0 bridgehead atoms. The Hall–Kier alpha value is -1.46. The number of aliphatic hydroxyl groups excluding tert-OH is 2. The minimum Gasteiger partial charge on any atom is -0.392 e. The lowest BCUT2D eigenvalue weighted by Gasteiger charge is -2.18. The van der Waals surface area contributed by atoms with Crippen LogP contribution in [0.2, 0.25) is 0 Å². The Morgan fingerprint density at radius 1 is 1.60 bits per heavy atom. The molecule has 1 aromatic heterocycles. The Bertz CT molecular complexity index is 381. The van der Waals surface area contributed by atoms with Gasteiger partial charge < -0.3 is 15.1 Å². The molecule has 2 heterocycles. The molecule has 2 N–H and O–H groups in total. The van der Waals surface area contributed by atoms with Gasteiger partial charge in [0.05, 0.1) is 37.6 Å². The standard InChI is InChI=1S/C10H12N2O3/c13-6-7-1-2-11-4-9(7)12-5-8(14)3-10(12)15/h1-2,4,8,13-14H,3,5-6H2. The molecule has 1 aliphatic heterocycles. The Balaban J connectivity index is 2.33. The van der Waals surface area contributed by atoms with E-state index < -0.39 is 6.10 Å². The van der Waals surface area contributed by atoms with Gasteiger partial charge in [-0.05, 0) is 6.07 Å².